The van der Waals surface area contributed by atoms with Gasteiger partial charge in [-0.1, -0.05) is 51.9 Å². The third kappa shape index (κ3) is 5.21. The molecular weight excluding hydrogens is 356 g/mol. The molecule has 3 rings (SSSR count). The molecule has 2 heterocycles. The van der Waals surface area contributed by atoms with Gasteiger partial charge in [-0.15, -0.1) is 11.8 Å². The number of piperidine rings is 1. The Bertz CT molecular complexity index is 497. The molecular formula is C22H38N2O2S. The Labute approximate surface area is 169 Å². The molecule has 1 spiro atoms. The maximum atomic E-state index is 13.1. The number of thioether (sulfide) groups is 1. The molecule has 0 radical (unpaired) electrons. The third-order valence-electron chi connectivity index (χ3n) is 6.79. The van der Waals surface area contributed by atoms with Gasteiger partial charge in [-0.05, 0) is 32.1 Å². The van der Waals surface area contributed by atoms with E-state index in [1.165, 1.54) is 44.9 Å². The molecule has 4 nitrogen and oxygen atoms in total. The van der Waals surface area contributed by atoms with Crippen LogP contribution in [0.15, 0.2) is 0 Å². The van der Waals surface area contributed by atoms with E-state index in [1.54, 1.807) is 0 Å². The Morgan fingerprint density at radius 2 is 1.67 bits per heavy atom. The first-order valence-electron chi connectivity index (χ1n) is 11.4. The molecule has 0 aromatic rings. The summed E-state index contributed by atoms with van der Waals surface area (Å²) in [4.78, 5) is 29.9. The molecule has 1 aliphatic carbocycles. The molecule has 2 aliphatic heterocycles. The normalized spacial score (nSPS) is 23.1. The van der Waals surface area contributed by atoms with Crippen molar-refractivity contribution in [2.75, 3.05) is 25.4 Å². The minimum Gasteiger partial charge on any atom is -0.342 e. The van der Waals surface area contributed by atoms with Crippen LogP contribution in [0.25, 0.3) is 0 Å². The summed E-state index contributed by atoms with van der Waals surface area (Å²) in [6, 6.07) is 0. The molecule has 1 saturated carbocycles. The highest BCUT2D eigenvalue weighted by Gasteiger charge is 2.47. The summed E-state index contributed by atoms with van der Waals surface area (Å²) >= 11 is 1.97. The lowest BCUT2D eigenvalue weighted by Gasteiger charge is -2.45. The van der Waals surface area contributed by atoms with Crippen molar-refractivity contribution in [1.29, 1.82) is 0 Å². The Morgan fingerprint density at radius 1 is 0.963 bits per heavy atom. The fourth-order valence-corrected chi connectivity index (χ4v) is 6.51. The predicted octanol–water partition coefficient (Wildman–Crippen LogP) is 4.82. The van der Waals surface area contributed by atoms with Gasteiger partial charge in [-0.25, -0.2) is 0 Å². The standard InChI is InChI=1S/C22H38N2O2S/c1-2-3-4-5-9-12-20(25)23-15-13-22(14-16-23)24(17-18-27-22)21(26)19-10-7-6-8-11-19/h19H,2-18H2,1H3. The average Bonchev–Trinajstić information content (AvgIpc) is 3.11. The van der Waals surface area contributed by atoms with Gasteiger partial charge in [0.2, 0.25) is 11.8 Å². The van der Waals surface area contributed by atoms with Gasteiger partial charge in [0.15, 0.2) is 0 Å². The molecule has 0 unspecified atom stereocenters. The van der Waals surface area contributed by atoms with E-state index in [0.717, 1.165) is 57.5 Å². The van der Waals surface area contributed by atoms with Gasteiger partial charge in [0.25, 0.3) is 0 Å². The minimum atomic E-state index is -0.0214. The molecule has 27 heavy (non-hydrogen) atoms. The smallest absolute Gasteiger partial charge is 0.226 e. The van der Waals surface area contributed by atoms with Gasteiger partial charge in [0, 0.05) is 37.7 Å². The largest absolute Gasteiger partial charge is 0.342 e. The van der Waals surface area contributed by atoms with Crippen LogP contribution in [0.5, 0.6) is 0 Å². The zero-order valence-corrected chi connectivity index (χ0v) is 18.0. The Morgan fingerprint density at radius 3 is 2.37 bits per heavy atom. The van der Waals surface area contributed by atoms with Gasteiger partial charge < -0.3 is 9.80 Å². The topological polar surface area (TPSA) is 40.6 Å². The molecule has 0 atom stereocenters. The zero-order valence-electron chi connectivity index (χ0n) is 17.2. The highest BCUT2D eigenvalue weighted by Crippen LogP contribution is 2.45. The number of carbonyl (C=O) groups is 2. The summed E-state index contributed by atoms with van der Waals surface area (Å²) in [5.41, 5.74) is 0. The van der Waals surface area contributed by atoms with Crippen LogP contribution in [0.4, 0.5) is 0 Å². The van der Waals surface area contributed by atoms with Crippen LogP contribution in [0.1, 0.15) is 90.4 Å². The highest BCUT2D eigenvalue weighted by atomic mass is 32.2. The number of amides is 2. The van der Waals surface area contributed by atoms with E-state index in [1.807, 2.05) is 11.8 Å². The number of hydrogen-bond acceptors (Lipinski definition) is 3. The van der Waals surface area contributed by atoms with Crippen LogP contribution >= 0.6 is 11.8 Å². The van der Waals surface area contributed by atoms with Crippen molar-refractivity contribution in [3.05, 3.63) is 0 Å². The fraction of sp³-hybridized carbons (Fsp3) is 0.909. The monoisotopic (exact) mass is 394 g/mol. The second-order valence-corrected chi connectivity index (χ2v) is 10.1. The SMILES string of the molecule is CCCCCCCC(=O)N1CCC2(CC1)SCCN2C(=O)C1CCCCC1. The van der Waals surface area contributed by atoms with E-state index in [9.17, 15) is 9.59 Å². The second kappa shape index (κ2) is 10.2. The van der Waals surface area contributed by atoms with Crippen LogP contribution < -0.4 is 0 Å². The molecule has 154 valence electrons. The second-order valence-electron chi connectivity index (χ2n) is 8.66. The molecule has 2 amide bonds. The first kappa shape index (κ1) is 21.0. The Kier molecular flexibility index (Phi) is 7.92. The summed E-state index contributed by atoms with van der Waals surface area (Å²) in [6.45, 7) is 4.79. The van der Waals surface area contributed by atoms with Crippen LogP contribution in [0, 0.1) is 5.92 Å². The van der Waals surface area contributed by atoms with E-state index in [2.05, 4.69) is 16.7 Å². The lowest BCUT2D eigenvalue weighted by Crippen LogP contribution is -2.55. The predicted molar refractivity (Wildman–Crippen MR) is 113 cm³/mol. The summed E-state index contributed by atoms with van der Waals surface area (Å²) < 4.78 is 0. The van der Waals surface area contributed by atoms with Crippen molar-refractivity contribution in [2.24, 2.45) is 5.92 Å². The maximum absolute atomic E-state index is 13.1. The number of unbranched alkanes of at least 4 members (excludes halogenated alkanes) is 4. The molecule has 3 aliphatic rings. The fourth-order valence-electron chi connectivity index (χ4n) is 5.05. The van der Waals surface area contributed by atoms with Crippen molar-refractivity contribution in [2.45, 2.75) is 95.3 Å². The molecule has 0 aromatic carbocycles. The first-order chi connectivity index (χ1) is 13.2. The molecule has 3 fully saturated rings. The molecule has 2 saturated heterocycles. The number of nitrogens with zero attached hydrogens (tertiary/aromatic N) is 2. The summed E-state index contributed by atoms with van der Waals surface area (Å²) in [7, 11) is 0. The summed E-state index contributed by atoms with van der Waals surface area (Å²) in [5.74, 6) is 2.06. The molecule has 0 N–H and O–H groups in total. The van der Waals surface area contributed by atoms with Crippen molar-refractivity contribution < 1.29 is 9.59 Å². The number of hydrogen-bond donors (Lipinski definition) is 0. The van der Waals surface area contributed by atoms with Crippen molar-refractivity contribution >= 4 is 23.6 Å². The van der Waals surface area contributed by atoms with E-state index in [0.29, 0.717) is 18.2 Å². The average molecular weight is 395 g/mol. The Balaban J connectivity index is 1.47. The van der Waals surface area contributed by atoms with E-state index < -0.39 is 0 Å². The van der Waals surface area contributed by atoms with E-state index in [-0.39, 0.29) is 10.8 Å². The number of carbonyl (C=O) groups excluding carboxylic acids is 2. The first-order valence-corrected chi connectivity index (χ1v) is 12.4. The maximum Gasteiger partial charge on any atom is 0.226 e. The van der Waals surface area contributed by atoms with Crippen molar-refractivity contribution in [3.8, 4) is 0 Å². The quantitative estimate of drug-likeness (QED) is 0.581. The van der Waals surface area contributed by atoms with E-state index >= 15 is 0 Å². The summed E-state index contributed by atoms with van der Waals surface area (Å²) in [6.07, 6.45) is 14.5. The number of likely N-dealkylation sites (tertiary alicyclic amines) is 1. The van der Waals surface area contributed by atoms with Crippen LogP contribution in [-0.2, 0) is 9.59 Å². The Hall–Kier alpha value is -0.710. The molecule has 0 bridgehead atoms. The summed E-state index contributed by atoms with van der Waals surface area (Å²) in [5, 5.41) is 0. The highest BCUT2D eigenvalue weighted by molar-refractivity contribution is 8.00. The van der Waals surface area contributed by atoms with Crippen LogP contribution in [-0.4, -0.2) is 51.9 Å². The number of rotatable bonds is 7. The lowest BCUT2D eigenvalue weighted by molar-refractivity contribution is -0.141. The van der Waals surface area contributed by atoms with Gasteiger partial charge >= 0.3 is 0 Å². The molecule has 5 heteroatoms. The van der Waals surface area contributed by atoms with Crippen LogP contribution in [0.2, 0.25) is 0 Å². The molecule has 0 aromatic heterocycles. The minimum absolute atomic E-state index is 0.0214. The lowest BCUT2D eigenvalue weighted by atomic mass is 9.87. The van der Waals surface area contributed by atoms with Gasteiger partial charge in [0.1, 0.15) is 0 Å². The van der Waals surface area contributed by atoms with Gasteiger partial charge in [-0.3, -0.25) is 9.59 Å². The van der Waals surface area contributed by atoms with Crippen molar-refractivity contribution in [3.63, 3.8) is 0 Å². The van der Waals surface area contributed by atoms with E-state index in [4.69, 9.17) is 0 Å². The van der Waals surface area contributed by atoms with Crippen LogP contribution in [0.3, 0.4) is 0 Å². The van der Waals surface area contributed by atoms with Gasteiger partial charge in [0.05, 0.1) is 4.87 Å². The third-order valence-corrected chi connectivity index (χ3v) is 8.34. The van der Waals surface area contributed by atoms with Crippen molar-refractivity contribution in [1.82, 2.24) is 9.80 Å². The van der Waals surface area contributed by atoms with Gasteiger partial charge in [-0.2, -0.15) is 0 Å². The zero-order chi connectivity index (χ0) is 19.1.